The molecule has 6 heteroatoms. The Morgan fingerprint density at radius 2 is 1.84 bits per heavy atom. The Bertz CT molecular complexity index is 943. The van der Waals surface area contributed by atoms with Crippen molar-refractivity contribution in [3.8, 4) is 0 Å². The number of fused-ring (bicyclic) bond motifs is 1. The zero-order valence-corrected chi connectivity index (χ0v) is 14.0. The van der Waals surface area contributed by atoms with E-state index in [-0.39, 0.29) is 12.5 Å². The van der Waals surface area contributed by atoms with Gasteiger partial charge in [0, 0.05) is 12.1 Å². The molecule has 1 aromatic heterocycles. The molecule has 25 heavy (non-hydrogen) atoms. The molecule has 0 fully saturated rings. The van der Waals surface area contributed by atoms with E-state index >= 15 is 0 Å². The van der Waals surface area contributed by atoms with Crippen LogP contribution in [0.25, 0.3) is 11.0 Å². The van der Waals surface area contributed by atoms with E-state index in [1.54, 1.807) is 24.3 Å². The molecule has 0 aliphatic carbocycles. The van der Waals surface area contributed by atoms with Gasteiger partial charge < -0.3 is 10.4 Å². The lowest BCUT2D eigenvalue weighted by Crippen LogP contribution is -2.28. The van der Waals surface area contributed by atoms with E-state index in [0.717, 1.165) is 16.9 Å². The summed E-state index contributed by atoms with van der Waals surface area (Å²) in [6.45, 7) is 3.74. The molecule has 0 aliphatic heterocycles. The number of aliphatic hydroxyl groups is 1. The fourth-order valence-electron chi connectivity index (χ4n) is 2.50. The fraction of sp³-hybridized carbons (Fsp3) is 0.211. The van der Waals surface area contributed by atoms with Crippen molar-refractivity contribution in [1.29, 1.82) is 0 Å². The van der Waals surface area contributed by atoms with Crippen LogP contribution in [0.15, 0.2) is 42.5 Å². The van der Waals surface area contributed by atoms with Gasteiger partial charge in [0.15, 0.2) is 0 Å². The van der Waals surface area contributed by atoms with Crippen LogP contribution in [0.2, 0.25) is 0 Å². The number of hydrogen-bond acceptors (Lipinski definition) is 4. The van der Waals surface area contributed by atoms with Gasteiger partial charge in [-0.05, 0) is 49.7 Å². The molecule has 128 valence electrons. The molecular formula is C19H18FN3O2. The summed E-state index contributed by atoms with van der Waals surface area (Å²) >= 11 is 0. The van der Waals surface area contributed by atoms with Gasteiger partial charge in [0.05, 0.1) is 28.5 Å². The standard InChI is InChI=1S/C19H18FN3O2/c1-11-12(2)23-17-9-14(6-7-16(17)22-11)19(25)21-10-18(24)13-4-3-5-15(20)8-13/h3-9,18,24H,10H2,1-2H3,(H,21,25)/t18-/m0/s1. The highest BCUT2D eigenvalue weighted by Crippen LogP contribution is 2.16. The highest BCUT2D eigenvalue weighted by molar-refractivity contribution is 5.97. The summed E-state index contributed by atoms with van der Waals surface area (Å²) in [4.78, 5) is 21.2. The average Bonchev–Trinajstić information content (AvgIpc) is 2.60. The SMILES string of the molecule is Cc1nc2ccc(C(=O)NC[C@H](O)c3cccc(F)c3)cc2nc1C. The highest BCUT2D eigenvalue weighted by Gasteiger charge is 2.12. The van der Waals surface area contributed by atoms with Crippen molar-refractivity contribution in [2.45, 2.75) is 20.0 Å². The van der Waals surface area contributed by atoms with Crippen LogP contribution in [0.5, 0.6) is 0 Å². The highest BCUT2D eigenvalue weighted by atomic mass is 19.1. The summed E-state index contributed by atoms with van der Waals surface area (Å²) in [7, 11) is 0. The van der Waals surface area contributed by atoms with Crippen molar-refractivity contribution in [2.24, 2.45) is 0 Å². The topological polar surface area (TPSA) is 75.1 Å². The monoisotopic (exact) mass is 339 g/mol. The summed E-state index contributed by atoms with van der Waals surface area (Å²) in [5.74, 6) is -0.765. The van der Waals surface area contributed by atoms with E-state index in [9.17, 15) is 14.3 Å². The third kappa shape index (κ3) is 3.80. The number of hydrogen-bond donors (Lipinski definition) is 2. The maximum absolute atomic E-state index is 13.2. The molecule has 0 aliphatic rings. The Morgan fingerprint density at radius 3 is 2.56 bits per heavy atom. The molecular weight excluding hydrogens is 321 g/mol. The van der Waals surface area contributed by atoms with Crippen molar-refractivity contribution in [3.63, 3.8) is 0 Å². The molecule has 0 radical (unpaired) electrons. The zero-order valence-electron chi connectivity index (χ0n) is 14.0. The van der Waals surface area contributed by atoms with Gasteiger partial charge in [-0.25, -0.2) is 14.4 Å². The van der Waals surface area contributed by atoms with Crippen LogP contribution in [0.3, 0.4) is 0 Å². The summed E-state index contributed by atoms with van der Waals surface area (Å²) in [6, 6.07) is 10.7. The number of nitrogens with zero attached hydrogens (tertiary/aromatic N) is 2. The predicted molar refractivity (Wildman–Crippen MR) is 92.7 cm³/mol. The average molecular weight is 339 g/mol. The van der Waals surface area contributed by atoms with Gasteiger partial charge in [-0.2, -0.15) is 0 Å². The summed E-state index contributed by atoms with van der Waals surface area (Å²) in [5.41, 5.74) is 3.86. The molecule has 0 spiro atoms. The van der Waals surface area contributed by atoms with Gasteiger partial charge in [0.2, 0.25) is 0 Å². The molecule has 2 N–H and O–H groups in total. The predicted octanol–water partition coefficient (Wildman–Crippen LogP) is 2.85. The first-order valence-electron chi connectivity index (χ1n) is 7.91. The van der Waals surface area contributed by atoms with E-state index in [1.807, 2.05) is 13.8 Å². The number of benzene rings is 2. The third-order valence-electron chi connectivity index (χ3n) is 4.03. The van der Waals surface area contributed by atoms with E-state index in [1.165, 1.54) is 18.2 Å². The van der Waals surface area contributed by atoms with Gasteiger partial charge in [-0.1, -0.05) is 12.1 Å². The van der Waals surface area contributed by atoms with Crippen molar-refractivity contribution < 1.29 is 14.3 Å². The normalized spacial score (nSPS) is 12.2. The van der Waals surface area contributed by atoms with Crippen LogP contribution < -0.4 is 5.32 Å². The Hall–Kier alpha value is -2.86. The van der Waals surface area contributed by atoms with E-state index in [4.69, 9.17) is 0 Å². The van der Waals surface area contributed by atoms with Crippen LogP contribution in [0, 0.1) is 19.7 Å². The lowest BCUT2D eigenvalue weighted by Gasteiger charge is -2.12. The second kappa shape index (κ2) is 6.94. The minimum absolute atomic E-state index is 0.0150. The largest absolute Gasteiger partial charge is 0.387 e. The quantitative estimate of drug-likeness (QED) is 0.766. The van der Waals surface area contributed by atoms with E-state index < -0.39 is 11.9 Å². The van der Waals surface area contributed by atoms with Crippen molar-refractivity contribution in [2.75, 3.05) is 6.54 Å². The summed E-state index contributed by atoms with van der Waals surface area (Å²) < 4.78 is 13.2. The molecule has 3 rings (SSSR count). The van der Waals surface area contributed by atoms with Crippen LogP contribution in [-0.2, 0) is 0 Å². The fourth-order valence-corrected chi connectivity index (χ4v) is 2.50. The smallest absolute Gasteiger partial charge is 0.251 e. The molecule has 1 amide bonds. The Kier molecular flexibility index (Phi) is 4.72. The number of carbonyl (C=O) groups is 1. The van der Waals surface area contributed by atoms with Crippen molar-refractivity contribution >= 4 is 16.9 Å². The lowest BCUT2D eigenvalue weighted by atomic mass is 10.1. The van der Waals surface area contributed by atoms with Gasteiger partial charge >= 0.3 is 0 Å². The number of aliphatic hydroxyl groups excluding tert-OH is 1. The first kappa shape index (κ1) is 17.0. The Balaban J connectivity index is 1.72. The number of aryl methyl sites for hydroxylation is 2. The van der Waals surface area contributed by atoms with Gasteiger partial charge in [-0.15, -0.1) is 0 Å². The van der Waals surface area contributed by atoms with E-state index in [2.05, 4.69) is 15.3 Å². The number of carbonyl (C=O) groups excluding carboxylic acids is 1. The Morgan fingerprint density at radius 1 is 1.12 bits per heavy atom. The number of amides is 1. The zero-order chi connectivity index (χ0) is 18.0. The molecule has 3 aromatic rings. The molecule has 0 bridgehead atoms. The first-order chi connectivity index (χ1) is 11.9. The molecule has 0 saturated heterocycles. The molecule has 1 atom stereocenters. The first-order valence-corrected chi connectivity index (χ1v) is 7.91. The van der Waals surface area contributed by atoms with Gasteiger partial charge in [0.25, 0.3) is 5.91 Å². The number of nitrogens with one attached hydrogen (secondary N) is 1. The van der Waals surface area contributed by atoms with Crippen LogP contribution in [0.1, 0.15) is 33.4 Å². The van der Waals surface area contributed by atoms with Crippen LogP contribution in [0.4, 0.5) is 4.39 Å². The number of aromatic nitrogens is 2. The number of halogens is 1. The maximum atomic E-state index is 13.2. The number of rotatable bonds is 4. The molecule has 0 unspecified atom stereocenters. The molecule has 5 nitrogen and oxygen atoms in total. The van der Waals surface area contributed by atoms with Crippen LogP contribution in [-0.4, -0.2) is 27.5 Å². The minimum Gasteiger partial charge on any atom is -0.387 e. The maximum Gasteiger partial charge on any atom is 0.251 e. The second-order valence-corrected chi connectivity index (χ2v) is 5.88. The lowest BCUT2D eigenvalue weighted by molar-refractivity contribution is 0.0916. The third-order valence-corrected chi connectivity index (χ3v) is 4.03. The summed E-state index contributed by atoms with van der Waals surface area (Å²) in [6.07, 6.45) is -0.982. The molecule has 0 saturated carbocycles. The van der Waals surface area contributed by atoms with Crippen molar-refractivity contribution in [3.05, 3.63) is 70.8 Å². The Labute approximate surface area is 144 Å². The van der Waals surface area contributed by atoms with Gasteiger partial charge in [-0.3, -0.25) is 4.79 Å². The van der Waals surface area contributed by atoms with E-state index in [0.29, 0.717) is 16.6 Å². The van der Waals surface area contributed by atoms with Gasteiger partial charge in [0.1, 0.15) is 5.82 Å². The second-order valence-electron chi connectivity index (χ2n) is 5.88. The van der Waals surface area contributed by atoms with Crippen molar-refractivity contribution in [1.82, 2.24) is 15.3 Å². The minimum atomic E-state index is -0.982. The molecule has 1 heterocycles. The molecule has 2 aromatic carbocycles. The van der Waals surface area contributed by atoms with Crippen LogP contribution >= 0.6 is 0 Å². The summed E-state index contributed by atoms with van der Waals surface area (Å²) in [5, 5.41) is 12.7.